The summed E-state index contributed by atoms with van der Waals surface area (Å²) in [6, 6.07) is 11.1. The molecular formula is C20H25ClN2O4. The molecule has 0 bridgehead atoms. The number of nitrogens with zero attached hydrogens (tertiary/aromatic N) is 1. The van der Waals surface area contributed by atoms with Gasteiger partial charge in [-0.2, -0.15) is 0 Å². The molecule has 2 rings (SSSR count). The molecule has 0 aliphatic heterocycles. The zero-order valence-electron chi connectivity index (χ0n) is 15.8. The first-order valence-corrected chi connectivity index (χ1v) is 9.27. The van der Waals surface area contributed by atoms with Crippen LogP contribution in [0.15, 0.2) is 40.8 Å². The van der Waals surface area contributed by atoms with Crippen LogP contribution in [0.3, 0.4) is 0 Å². The molecule has 1 aromatic heterocycles. The minimum absolute atomic E-state index is 0.0419. The highest BCUT2D eigenvalue weighted by Gasteiger charge is 2.18. The standard InChI is InChI=1S/C20H25ClN2O4/c1-4-26-20(25)13-23(14(2)3)12-19(24)22-11-17-9-10-18(27-17)15-5-7-16(21)8-6-15/h5-10,14H,4,11-13H2,1-3H3,(H,22,24). The molecule has 0 aliphatic rings. The Labute approximate surface area is 164 Å². The highest BCUT2D eigenvalue weighted by molar-refractivity contribution is 6.30. The average Bonchev–Trinajstić information content (AvgIpc) is 3.09. The van der Waals surface area contributed by atoms with E-state index in [1.165, 1.54) is 0 Å². The Hall–Kier alpha value is -2.31. The lowest BCUT2D eigenvalue weighted by Gasteiger charge is -2.24. The van der Waals surface area contributed by atoms with E-state index in [-0.39, 0.29) is 37.6 Å². The maximum atomic E-state index is 12.2. The number of nitrogens with one attached hydrogen (secondary N) is 1. The van der Waals surface area contributed by atoms with Crippen molar-refractivity contribution in [2.45, 2.75) is 33.4 Å². The van der Waals surface area contributed by atoms with Crippen LogP contribution in [-0.2, 0) is 20.9 Å². The van der Waals surface area contributed by atoms with Crippen LogP contribution >= 0.6 is 11.6 Å². The van der Waals surface area contributed by atoms with E-state index in [0.717, 1.165) is 5.56 Å². The second kappa shape index (κ2) is 10.1. The van der Waals surface area contributed by atoms with Crippen molar-refractivity contribution in [3.63, 3.8) is 0 Å². The van der Waals surface area contributed by atoms with Crippen molar-refractivity contribution in [2.75, 3.05) is 19.7 Å². The average molecular weight is 393 g/mol. The van der Waals surface area contributed by atoms with Crippen molar-refractivity contribution in [2.24, 2.45) is 0 Å². The number of esters is 1. The Kier molecular flexibility index (Phi) is 7.88. The van der Waals surface area contributed by atoms with Crippen LogP contribution in [0.2, 0.25) is 5.02 Å². The van der Waals surface area contributed by atoms with Crippen molar-refractivity contribution in [3.8, 4) is 11.3 Å². The summed E-state index contributed by atoms with van der Waals surface area (Å²) in [6.45, 7) is 6.41. The highest BCUT2D eigenvalue weighted by atomic mass is 35.5. The molecule has 7 heteroatoms. The number of furan rings is 1. The lowest BCUT2D eigenvalue weighted by molar-refractivity contribution is -0.145. The molecule has 6 nitrogen and oxygen atoms in total. The Bertz CT molecular complexity index is 756. The number of carbonyl (C=O) groups excluding carboxylic acids is 2. The fourth-order valence-electron chi connectivity index (χ4n) is 2.46. The maximum Gasteiger partial charge on any atom is 0.320 e. The molecule has 0 spiro atoms. The van der Waals surface area contributed by atoms with Gasteiger partial charge >= 0.3 is 5.97 Å². The van der Waals surface area contributed by atoms with Gasteiger partial charge < -0.3 is 14.5 Å². The summed E-state index contributed by atoms with van der Waals surface area (Å²) < 4.78 is 10.7. The van der Waals surface area contributed by atoms with Gasteiger partial charge in [-0.25, -0.2) is 0 Å². The van der Waals surface area contributed by atoms with E-state index >= 15 is 0 Å². The summed E-state index contributed by atoms with van der Waals surface area (Å²) in [5.74, 6) is 0.840. The van der Waals surface area contributed by atoms with E-state index in [0.29, 0.717) is 23.2 Å². The maximum absolute atomic E-state index is 12.2. The van der Waals surface area contributed by atoms with E-state index in [9.17, 15) is 9.59 Å². The number of benzene rings is 1. The number of carbonyl (C=O) groups is 2. The van der Waals surface area contributed by atoms with Crippen LogP contribution in [-0.4, -0.2) is 42.5 Å². The van der Waals surface area contributed by atoms with Crippen LogP contribution in [0.4, 0.5) is 0 Å². The molecule has 27 heavy (non-hydrogen) atoms. The van der Waals surface area contributed by atoms with Crippen molar-refractivity contribution in [1.82, 2.24) is 10.2 Å². The smallest absolute Gasteiger partial charge is 0.320 e. The van der Waals surface area contributed by atoms with E-state index in [1.807, 2.05) is 38.1 Å². The summed E-state index contributed by atoms with van der Waals surface area (Å²) >= 11 is 5.89. The molecule has 0 unspecified atom stereocenters. The van der Waals surface area contributed by atoms with Gasteiger partial charge in [-0.3, -0.25) is 14.5 Å². The van der Waals surface area contributed by atoms with Crippen LogP contribution in [0.5, 0.6) is 0 Å². The number of halogens is 1. The molecule has 0 aliphatic carbocycles. The van der Waals surface area contributed by atoms with Gasteiger partial charge in [0.2, 0.25) is 5.91 Å². The van der Waals surface area contributed by atoms with Crippen LogP contribution in [0.1, 0.15) is 26.5 Å². The van der Waals surface area contributed by atoms with Gasteiger partial charge in [0.1, 0.15) is 11.5 Å². The van der Waals surface area contributed by atoms with Crippen molar-refractivity contribution >= 4 is 23.5 Å². The summed E-state index contributed by atoms with van der Waals surface area (Å²) in [4.78, 5) is 25.6. The van der Waals surface area contributed by atoms with Gasteiger partial charge in [0.05, 0.1) is 26.2 Å². The second-order valence-electron chi connectivity index (χ2n) is 6.35. The number of rotatable bonds is 9. The molecule has 1 heterocycles. The second-order valence-corrected chi connectivity index (χ2v) is 6.79. The van der Waals surface area contributed by atoms with Gasteiger partial charge in [-0.1, -0.05) is 11.6 Å². The zero-order chi connectivity index (χ0) is 19.8. The Morgan fingerprint density at radius 1 is 1.15 bits per heavy atom. The molecule has 0 fully saturated rings. The van der Waals surface area contributed by atoms with Gasteiger partial charge in [0, 0.05) is 16.6 Å². The van der Waals surface area contributed by atoms with E-state index in [4.69, 9.17) is 20.8 Å². The van der Waals surface area contributed by atoms with Crippen molar-refractivity contribution < 1.29 is 18.7 Å². The van der Waals surface area contributed by atoms with Crippen LogP contribution < -0.4 is 5.32 Å². The first kappa shape index (κ1) is 21.0. The Balaban J connectivity index is 1.87. The zero-order valence-corrected chi connectivity index (χ0v) is 16.6. The monoisotopic (exact) mass is 392 g/mol. The third kappa shape index (κ3) is 6.73. The Morgan fingerprint density at radius 2 is 1.85 bits per heavy atom. The first-order chi connectivity index (χ1) is 12.9. The summed E-state index contributed by atoms with van der Waals surface area (Å²) in [7, 11) is 0. The number of amides is 1. The van der Waals surface area contributed by atoms with E-state index < -0.39 is 0 Å². The Morgan fingerprint density at radius 3 is 2.48 bits per heavy atom. The number of hydrogen-bond donors (Lipinski definition) is 1. The molecule has 1 aromatic carbocycles. The number of ether oxygens (including phenoxy) is 1. The topological polar surface area (TPSA) is 71.8 Å². The fourth-order valence-corrected chi connectivity index (χ4v) is 2.59. The molecule has 1 amide bonds. The van der Waals surface area contributed by atoms with Crippen LogP contribution in [0, 0.1) is 0 Å². The largest absolute Gasteiger partial charge is 0.465 e. The fraction of sp³-hybridized carbons (Fsp3) is 0.400. The quantitative estimate of drug-likeness (QED) is 0.661. The first-order valence-electron chi connectivity index (χ1n) is 8.90. The molecular weight excluding hydrogens is 368 g/mol. The van der Waals surface area contributed by atoms with Crippen LogP contribution in [0.25, 0.3) is 11.3 Å². The molecule has 0 saturated carbocycles. The normalized spacial score (nSPS) is 11.0. The molecule has 2 aromatic rings. The SMILES string of the molecule is CCOC(=O)CN(CC(=O)NCc1ccc(-c2ccc(Cl)cc2)o1)C(C)C. The van der Waals surface area contributed by atoms with Gasteiger partial charge in [-0.05, 0) is 57.2 Å². The highest BCUT2D eigenvalue weighted by Crippen LogP contribution is 2.23. The third-order valence-electron chi connectivity index (χ3n) is 3.96. The van der Waals surface area contributed by atoms with E-state index in [2.05, 4.69) is 5.32 Å². The van der Waals surface area contributed by atoms with Gasteiger partial charge in [-0.15, -0.1) is 0 Å². The summed E-state index contributed by atoms with van der Waals surface area (Å²) in [5, 5.41) is 3.48. The molecule has 0 atom stereocenters. The molecule has 0 saturated heterocycles. The lowest BCUT2D eigenvalue weighted by atomic mass is 10.2. The molecule has 146 valence electrons. The summed E-state index contributed by atoms with van der Waals surface area (Å²) in [6.07, 6.45) is 0. The predicted molar refractivity (Wildman–Crippen MR) is 104 cm³/mol. The minimum atomic E-state index is -0.336. The van der Waals surface area contributed by atoms with E-state index in [1.54, 1.807) is 24.0 Å². The predicted octanol–water partition coefficient (Wildman–Crippen LogP) is 3.49. The summed E-state index contributed by atoms with van der Waals surface area (Å²) in [5.41, 5.74) is 0.914. The van der Waals surface area contributed by atoms with Gasteiger partial charge in [0.15, 0.2) is 0 Å². The molecule has 1 N–H and O–H groups in total. The van der Waals surface area contributed by atoms with Crippen molar-refractivity contribution in [1.29, 1.82) is 0 Å². The number of hydrogen-bond acceptors (Lipinski definition) is 5. The lowest BCUT2D eigenvalue weighted by Crippen LogP contribution is -2.43. The molecule has 0 radical (unpaired) electrons. The van der Waals surface area contributed by atoms with Crippen molar-refractivity contribution in [3.05, 3.63) is 47.2 Å². The third-order valence-corrected chi connectivity index (χ3v) is 4.22. The van der Waals surface area contributed by atoms with Gasteiger partial charge in [0.25, 0.3) is 0 Å². The minimum Gasteiger partial charge on any atom is -0.465 e.